The molecule has 0 aliphatic rings. The lowest BCUT2D eigenvalue weighted by Crippen LogP contribution is -1.92. The maximum Gasteiger partial charge on any atom is -0.0175 e. The van der Waals surface area contributed by atoms with Crippen molar-refractivity contribution in [1.29, 1.82) is 0 Å². The van der Waals surface area contributed by atoms with Gasteiger partial charge in [-0.3, -0.25) is 0 Å². The van der Waals surface area contributed by atoms with E-state index in [4.69, 9.17) is 0 Å². The largest absolute Gasteiger partial charge is 0.106 e. The average Bonchev–Trinajstić information content (AvgIpc) is 2.49. The molecule has 0 aliphatic carbocycles. The Kier molecular flexibility index (Phi) is 30.4. The molecule has 0 aromatic heterocycles. The van der Waals surface area contributed by atoms with Crippen molar-refractivity contribution in [3.8, 4) is 0 Å². The SMILES string of the molecule is C=C.C=C/C(CC)=C(C(=C)C)\C(C)=C/C.CC.CC. The fourth-order valence-electron chi connectivity index (χ4n) is 1.43. The van der Waals surface area contributed by atoms with Crippen LogP contribution >= 0.6 is 0 Å². The van der Waals surface area contributed by atoms with Crippen LogP contribution in [0.4, 0.5) is 0 Å². The summed E-state index contributed by atoms with van der Waals surface area (Å²) in [6.45, 7) is 30.2. The van der Waals surface area contributed by atoms with Crippen molar-refractivity contribution in [3.63, 3.8) is 0 Å². The molecule has 0 nitrogen and oxygen atoms in total. The zero-order valence-corrected chi connectivity index (χ0v) is 14.7. The Morgan fingerprint density at radius 3 is 1.53 bits per heavy atom. The number of allylic oxidation sites excluding steroid dienone is 6. The molecule has 0 saturated heterocycles. The monoisotopic (exact) mass is 264 g/mol. The van der Waals surface area contributed by atoms with Crippen molar-refractivity contribution in [2.75, 3.05) is 0 Å². The summed E-state index contributed by atoms with van der Waals surface area (Å²) in [6.07, 6.45) is 5.05. The number of hydrogen-bond donors (Lipinski definition) is 0. The topological polar surface area (TPSA) is 0 Å². The standard InChI is InChI=1S/C13H20.2C2H6.C2H4/c1-7-11(6)13(10(4)5)12(8-2)9-3;3*1-2/h7-8H,2,4,9H2,1,3,5-6H3;2*1-2H3;1-2H2/b11-7-,13-12+;;;. The van der Waals surface area contributed by atoms with E-state index in [1.54, 1.807) is 0 Å². The molecule has 0 aromatic carbocycles. The maximum absolute atomic E-state index is 3.99. The third kappa shape index (κ3) is 12.9. The minimum atomic E-state index is 1.01. The molecule has 0 radical (unpaired) electrons. The highest BCUT2D eigenvalue weighted by molar-refractivity contribution is 5.49. The molecule has 0 aromatic rings. The molecule has 19 heavy (non-hydrogen) atoms. The van der Waals surface area contributed by atoms with E-state index < -0.39 is 0 Å². The summed E-state index contributed by atoms with van der Waals surface area (Å²) in [5, 5.41) is 0. The molecule has 0 heterocycles. The minimum Gasteiger partial charge on any atom is -0.106 e. The molecule has 0 aliphatic heterocycles. The van der Waals surface area contributed by atoms with Crippen LogP contribution in [-0.4, -0.2) is 0 Å². The van der Waals surface area contributed by atoms with Gasteiger partial charge >= 0.3 is 0 Å². The Labute approximate surface area is 123 Å². The van der Waals surface area contributed by atoms with E-state index in [9.17, 15) is 0 Å². The Bertz CT molecular complexity index is 274. The van der Waals surface area contributed by atoms with Crippen LogP contribution in [0.15, 0.2) is 60.8 Å². The highest BCUT2D eigenvalue weighted by Crippen LogP contribution is 2.24. The third-order valence-corrected chi connectivity index (χ3v) is 2.20. The van der Waals surface area contributed by atoms with Crippen LogP contribution in [0.3, 0.4) is 0 Å². The predicted molar refractivity (Wildman–Crippen MR) is 95.7 cm³/mol. The summed E-state index contributed by atoms with van der Waals surface area (Å²) in [4.78, 5) is 0. The van der Waals surface area contributed by atoms with E-state index in [1.165, 1.54) is 16.7 Å². The summed E-state index contributed by atoms with van der Waals surface area (Å²) in [5.41, 5.74) is 4.94. The van der Waals surface area contributed by atoms with Crippen molar-refractivity contribution < 1.29 is 0 Å². The number of rotatable bonds is 4. The van der Waals surface area contributed by atoms with E-state index in [-0.39, 0.29) is 0 Å². The lowest BCUT2D eigenvalue weighted by molar-refractivity contribution is 1.11. The molecule has 0 rings (SSSR count). The molecule has 0 saturated carbocycles. The zero-order valence-electron chi connectivity index (χ0n) is 14.7. The Morgan fingerprint density at radius 1 is 1.00 bits per heavy atom. The van der Waals surface area contributed by atoms with Crippen LogP contribution < -0.4 is 0 Å². The first-order valence-electron chi connectivity index (χ1n) is 7.23. The van der Waals surface area contributed by atoms with Gasteiger partial charge < -0.3 is 0 Å². The summed E-state index contributed by atoms with van der Waals surface area (Å²) >= 11 is 0. The predicted octanol–water partition coefficient (Wildman–Crippen LogP) is 7.28. The van der Waals surface area contributed by atoms with Crippen molar-refractivity contribution in [3.05, 3.63) is 60.8 Å². The third-order valence-electron chi connectivity index (χ3n) is 2.20. The molecule has 112 valence electrons. The minimum absolute atomic E-state index is 1.01. The van der Waals surface area contributed by atoms with Gasteiger partial charge in [0.25, 0.3) is 0 Å². The lowest BCUT2D eigenvalue weighted by atomic mass is 9.94. The normalized spacial score (nSPS) is 10.2. The summed E-state index contributed by atoms with van der Waals surface area (Å²) in [6, 6.07) is 0. The van der Waals surface area contributed by atoms with Gasteiger partial charge in [0, 0.05) is 0 Å². The maximum atomic E-state index is 3.99. The van der Waals surface area contributed by atoms with E-state index in [0.29, 0.717) is 0 Å². The first-order valence-corrected chi connectivity index (χ1v) is 7.23. The van der Waals surface area contributed by atoms with Crippen LogP contribution in [-0.2, 0) is 0 Å². The van der Waals surface area contributed by atoms with Gasteiger partial charge in [-0.2, -0.15) is 0 Å². The van der Waals surface area contributed by atoms with E-state index in [0.717, 1.165) is 12.0 Å². The van der Waals surface area contributed by atoms with Gasteiger partial charge in [0.1, 0.15) is 0 Å². The van der Waals surface area contributed by atoms with Crippen molar-refractivity contribution in [2.24, 2.45) is 0 Å². The Hall–Kier alpha value is -1.30. The summed E-state index contributed by atoms with van der Waals surface area (Å²) in [7, 11) is 0. The van der Waals surface area contributed by atoms with Crippen LogP contribution in [0.2, 0.25) is 0 Å². The second kappa shape index (κ2) is 21.9. The fourth-order valence-corrected chi connectivity index (χ4v) is 1.43. The average molecular weight is 264 g/mol. The molecule has 0 heteroatoms. The molecule has 0 amide bonds. The molecular weight excluding hydrogens is 228 g/mol. The first-order chi connectivity index (χ1) is 9.08. The van der Waals surface area contributed by atoms with E-state index in [2.05, 4.69) is 53.2 Å². The van der Waals surface area contributed by atoms with E-state index >= 15 is 0 Å². The van der Waals surface area contributed by atoms with Crippen molar-refractivity contribution in [2.45, 2.75) is 61.8 Å². The quantitative estimate of drug-likeness (QED) is 0.370. The smallest absolute Gasteiger partial charge is 0.0175 e. The molecule has 0 bridgehead atoms. The number of hydrogen-bond acceptors (Lipinski definition) is 0. The van der Waals surface area contributed by atoms with Gasteiger partial charge in [-0.15, -0.1) is 13.2 Å². The van der Waals surface area contributed by atoms with Crippen LogP contribution in [0, 0.1) is 0 Å². The lowest BCUT2D eigenvalue weighted by Gasteiger charge is -2.11. The Morgan fingerprint density at radius 2 is 1.37 bits per heavy atom. The molecule has 0 unspecified atom stereocenters. The van der Waals surface area contributed by atoms with Gasteiger partial charge in [-0.05, 0) is 43.9 Å². The van der Waals surface area contributed by atoms with Gasteiger partial charge in [0.2, 0.25) is 0 Å². The van der Waals surface area contributed by atoms with Crippen molar-refractivity contribution in [1.82, 2.24) is 0 Å². The molecule has 0 N–H and O–H groups in total. The van der Waals surface area contributed by atoms with Crippen molar-refractivity contribution >= 4 is 0 Å². The van der Waals surface area contributed by atoms with Gasteiger partial charge in [-0.25, -0.2) is 0 Å². The van der Waals surface area contributed by atoms with Gasteiger partial charge in [0.05, 0.1) is 0 Å². The second-order valence-corrected chi connectivity index (χ2v) is 3.21. The molecule has 0 spiro atoms. The summed E-state index contributed by atoms with van der Waals surface area (Å²) < 4.78 is 0. The summed E-state index contributed by atoms with van der Waals surface area (Å²) in [5.74, 6) is 0. The van der Waals surface area contributed by atoms with E-state index in [1.807, 2.05) is 40.7 Å². The van der Waals surface area contributed by atoms with Gasteiger partial charge in [0.15, 0.2) is 0 Å². The fraction of sp³-hybridized carbons (Fsp3) is 0.474. The Balaban J connectivity index is -0.000000163. The highest BCUT2D eigenvalue weighted by Gasteiger charge is 2.04. The van der Waals surface area contributed by atoms with Crippen LogP contribution in [0.1, 0.15) is 61.8 Å². The zero-order chi connectivity index (χ0) is 16.4. The van der Waals surface area contributed by atoms with Crippen LogP contribution in [0.25, 0.3) is 0 Å². The molecular formula is C19H36. The highest BCUT2D eigenvalue weighted by atomic mass is 14.1. The second-order valence-electron chi connectivity index (χ2n) is 3.21. The molecule has 0 fully saturated rings. The molecule has 0 atom stereocenters. The van der Waals surface area contributed by atoms with Crippen LogP contribution in [0.5, 0.6) is 0 Å². The van der Waals surface area contributed by atoms with Gasteiger partial charge in [-0.1, -0.05) is 65.5 Å². The first kappa shape index (κ1) is 26.3.